The predicted octanol–water partition coefficient (Wildman–Crippen LogP) is 14.8. The second kappa shape index (κ2) is 14.0. The van der Waals surface area contributed by atoms with Gasteiger partial charge in [-0.1, -0.05) is 170 Å². The van der Waals surface area contributed by atoms with E-state index in [1.807, 2.05) is 47.7 Å². The van der Waals surface area contributed by atoms with Crippen LogP contribution in [0.4, 0.5) is 0 Å². The topological polar surface area (TPSA) is 43.6 Å². The molecule has 0 fully saturated rings. The molecule has 4 nitrogen and oxygen atoms in total. The largest absolute Gasteiger partial charge is 0.308 e. The van der Waals surface area contributed by atoms with E-state index in [-0.39, 0.29) is 0 Å². The van der Waals surface area contributed by atoms with Crippen molar-refractivity contribution in [1.82, 2.24) is 19.5 Å². The fraction of sp³-hybridized carbons (Fsp3) is 0. The maximum atomic E-state index is 5.42. The fourth-order valence-corrected chi connectivity index (χ4v) is 10.0. The highest BCUT2D eigenvalue weighted by atomic mass is 32.1. The molecule has 0 saturated heterocycles. The Balaban J connectivity index is 0.974. The first-order valence-corrected chi connectivity index (χ1v) is 21.0. The van der Waals surface area contributed by atoms with Crippen LogP contribution < -0.4 is 0 Å². The monoisotopic (exact) mass is 782 g/mol. The molecule has 0 unspecified atom stereocenters. The Morgan fingerprint density at radius 1 is 0.383 bits per heavy atom. The van der Waals surface area contributed by atoms with Gasteiger partial charge < -0.3 is 4.57 Å². The van der Waals surface area contributed by atoms with Gasteiger partial charge in [-0.2, -0.15) is 0 Å². The highest BCUT2D eigenvalue weighted by Gasteiger charge is 2.23. The summed E-state index contributed by atoms with van der Waals surface area (Å²) in [6.45, 7) is 0. The molecule has 4 heterocycles. The zero-order valence-corrected chi connectivity index (χ0v) is 33.1. The van der Waals surface area contributed by atoms with Gasteiger partial charge in [-0.15, -0.1) is 11.3 Å². The molecule has 0 aliphatic rings. The zero-order chi connectivity index (χ0) is 39.6. The van der Waals surface area contributed by atoms with Gasteiger partial charge in [-0.25, -0.2) is 15.0 Å². The lowest BCUT2D eigenvalue weighted by molar-refractivity contribution is 1.18. The van der Waals surface area contributed by atoms with Crippen molar-refractivity contribution in [2.75, 3.05) is 0 Å². The summed E-state index contributed by atoms with van der Waals surface area (Å²) >= 11 is 1.88. The Kier molecular flexibility index (Phi) is 8.00. The molecular formula is C55H34N4S. The van der Waals surface area contributed by atoms with Gasteiger partial charge in [0.15, 0.2) is 5.82 Å². The number of hydrogen-bond acceptors (Lipinski definition) is 4. The highest BCUT2D eigenvalue weighted by molar-refractivity contribution is 7.27. The number of rotatable bonds is 6. The van der Waals surface area contributed by atoms with Crippen LogP contribution in [0.25, 0.3) is 115 Å². The average molecular weight is 783 g/mol. The number of benzene rings is 8. The van der Waals surface area contributed by atoms with E-state index in [4.69, 9.17) is 15.0 Å². The number of aromatic nitrogens is 4. The van der Waals surface area contributed by atoms with E-state index in [9.17, 15) is 0 Å². The number of pyridine rings is 1. The minimum atomic E-state index is 0.713. The standard InChI is InChI=1S/C55H34N4S/c1-3-14-38(15-4-1)47-34-48(58-55(57-47)40-16-5-2-6-17-40)39-26-23-36(24-27-39)37-29-31-43(32-30-37)59-49-22-12-10-20-45(49)54-52(59)50-51(42-28-25-35-13-7-8-18-41(35)33-42)56-46-21-11-9-19-44(46)53(50)60-54/h1-34H. The van der Waals surface area contributed by atoms with Crippen molar-refractivity contribution in [2.24, 2.45) is 0 Å². The Hall–Kier alpha value is -7.73. The number of hydrogen-bond donors (Lipinski definition) is 0. The molecule has 0 N–H and O–H groups in total. The summed E-state index contributed by atoms with van der Waals surface area (Å²) in [4.78, 5) is 15.4. The Labute approximate surface area is 350 Å². The molecular weight excluding hydrogens is 749 g/mol. The average Bonchev–Trinajstić information content (AvgIpc) is 3.87. The molecule has 0 spiro atoms. The number of thiophene rings is 1. The van der Waals surface area contributed by atoms with Crippen LogP contribution >= 0.6 is 11.3 Å². The van der Waals surface area contributed by atoms with E-state index in [0.29, 0.717) is 5.82 Å². The maximum Gasteiger partial charge on any atom is 0.160 e. The van der Waals surface area contributed by atoms with E-state index in [0.717, 1.165) is 61.7 Å². The second-order valence-corrected chi connectivity index (χ2v) is 16.2. The lowest BCUT2D eigenvalue weighted by Gasteiger charge is -2.13. The molecule has 0 atom stereocenters. The Morgan fingerprint density at radius 2 is 0.950 bits per heavy atom. The molecule has 5 heteroatoms. The molecule has 280 valence electrons. The molecule has 0 radical (unpaired) electrons. The van der Waals surface area contributed by atoms with E-state index in [1.165, 1.54) is 47.4 Å². The molecule has 12 rings (SSSR count). The third-order valence-corrected chi connectivity index (χ3v) is 12.8. The molecule has 0 bridgehead atoms. The maximum absolute atomic E-state index is 5.42. The summed E-state index contributed by atoms with van der Waals surface area (Å²) in [5.41, 5.74) is 13.8. The van der Waals surface area contributed by atoms with E-state index in [1.54, 1.807) is 0 Å². The third-order valence-electron chi connectivity index (χ3n) is 11.6. The summed E-state index contributed by atoms with van der Waals surface area (Å²) in [6, 6.07) is 73.0. The zero-order valence-electron chi connectivity index (χ0n) is 32.3. The van der Waals surface area contributed by atoms with Crippen LogP contribution in [0.2, 0.25) is 0 Å². The highest BCUT2D eigenvalue weighted by Crippen LogP contribution is 2.48. The van der Waals surface area contributed by atoms with Crippen molar-refractivity contribution in [1.29, 1.82) is 0 Å². The van der Waals surface area contributed by atoms with Gasteiger partial charge in [0.1, 0.15) is 0 Å². The molecule has 12 aromatic rings. The van der Waals surface area contributed by atoms with Gasteiger partial charge in [-0.3, -0.25) is 0 Å². The predicted molar refractivity (Wildman–Crippen MR) is 252 cm³/mol. The number of fused-ring (bicyclic) bond motifs is 8. The lowest BCUT2D eigenvalue weighted by Crippen LogP contribution is -1.96. The number of para-hydroxylation sites is 2. The first-order chi connectivity index (χ1) is 29.7. The summed E-state index contributed by atoms with van der Waals surface area (Å²) in [6.07, 6.45) is 0. The first kappa shape index (κ1) is 34.3. The van der Waals surface area contributed by atoms with E-state index in [2.05, 4.69) is 174 Å². The molecule has 0 saturated carbocycles. The molecule has 0 aliphatic heterocycles. The Bertz CT molecular complexity index is 3510. The minimum Gasteiger partial charge on any atom is -0.308 e. The van der Waals surface area contributed by atoms with Crippen molar-refractivity contribution < 1.29 is 0 Å². The molecule has 60 heavy (non-hydrogen) atoms. The molecule has 0 aliphatic carbocycles. The van der Waals surface area contributed by atoms with Crippen LogP contribution in [0.15, 0.2) is 206 Å². The minimum absolute atomic E-state index is 0.713. The van der Waals surface area contributed by atoms with E-state index >= 15 is 0 Å². The van der Waals surface area contributed by atoms with Crippen LogP contribution in [0, 0.1) is 0 Å². The molecule has 0 amide bonds. The first-order valence-electron chi connectivity index (χ1n) is 20.2. The van der Waals surface area contributed by atoms with Crippen LogP contribution in [0.5, 0.6) is 0 Å². The van der Waals surface area contributed by atoms with Crippen molar-refractivity contribution in [3.05, 3.63) is 206 Å². The SMILES string of the molecule is c1ccc(-c2cc(-c3ccc(-c4ccc(-n5c6ccccc6c6sc7c8ccccc8nc(-c8ccc9ccccc9c8)c7c65)cc4)cc3)nc(-c3ccccc3)n2)cc1. The second-order valence-electron chi connectivity index (χ2n) is 15.2. The summed E-state index contributed by atoms with van der Waals surface area (Å²) < 4.78 is 4.98. The van der Waals surface area contributed by atoms with Gasteiger partial charge in [0.25, 0.3) is 0 Å². The molecule has 8 aromatic carbocycles. The summed E-state index contributed by atoms with van der Waals surface area (Å²) in [5.74, 6) is 0.713. The van der Waals surface area contributed by atoms with Gasteiger partial charge >= 0.3 is 0 Å². The van der Waals surface area contributed by atoms with Crippen molar-refractivity contribution in [2.45, 2.75) is 0 Å². The van der Waals surface area contributed by atoms with Crippen LogP contribution in [0.3, 0.4) is 0 Å². The van der Waals surface area contributed by atoms with Gasteiger partial charge in [0, 0.05) is 48.8 Å². The van der Waals surface area contributed by atoms with Crippen LogP contribution in [0.1, 0.15) is 0 Å². The smallest absolute Gasteiger partial charge is 0.160 e. The normalized spacial score (nSPS) is 11.7. The Morgan fingerprint density at radius 3 is 1.70 bits per heavy atom. The van der Waals surface area contributed by atoms with Crippen molar-refractivity contribution >= 4 is 64.2 Å². The molecule has 4 aromatic heterocycles. The van der Waals surface area contributed by atoms with Crippen molar-refractivity contribution in [3.63, 3.8) is 0 Å². The van der Waals surface area contributed by atoms with Crippen LogP contribution in [-0.2, 0) is 0 Å². The van der Waals surface area contributed by atoms with Gasteiger partial charge in [0.05, 0.1) is 38.3 Å². The number of nitrogens with zero attached hydrogens (tertiary/aromatic N) is 4. The lowest BCUT2D eigenvalue weighted by atomic mass is 10.0. The van der Waals surface area contributed by atoms with Crippen LogP contribution in [-0.4, -0.2) is 19.5 Å². The van der Waals surface area contributed by atoms with Gasteiger partial charge in [-0.05, 0) is 58.3 Å². The van der Waals surface area contributed by atoms with Crippen molar-refractivity contribution in [3.8, 4) is 62.0 Å². The van der Waals surface area contributed by atoms with Gasteiger partial charge in [0.2, 0.25) is 0 Å². The third kappa shape index (κ3) is 5.70. The quantitative estimate of drug-likeness (QED) is 0.169. The summed E-state index contributed by atoms with van der Waals surface area (Å²) in [5, 5.41) is 6.05. The fourth-order valence-electron chi connectivity index (χ4n) is 8.67. The van der Waals surface area contributed by atoms with E-state index < -0.39 is 0 Å². The summed E-state index contributed by atoms with van der Waals surface area (Å²) in [7, 11) is 0.